The summed E-state index contributed by atoms with van der Waals surface area (Å²) in [6, 6.07) is 5.70. The molecule has 1 aromatic rings. The van der Waals surface area contributed by atoms with Gasteiger partial charge in [-0.3, -0.25) is 4.79 Å². The third-order valence-corrected chi connectivity index (χ3v) is 4.20. The summed E-state index contributed by atoms with van der Waals surface area (Å²) < 4.78 is 1.99. The van der Waals surface area contributed by atoms with E-state index >= 15 is 0 Å². The highest BCUT2D eigenvalue weighted by molar-refractivity contribution is 5.16. The Bertz CT molecular complexity index is 505. The number of piperidine rings is 1. The van der Waals surface area contributed by atoms with Crippen molar-refractivity contribution in [1.29, 1.82) is 0 Å². The second kappa shape index (κ2) is 4.73. The minimum atomic E-state index is 0.168. The van der Waals surface area contributed by atoms with Gasteiger partial charge in [-0.15, -0.1) is 6.58 Å². The van der Waals surface area contributed by atoms with E-state index in [0.717, 1.165) is 32.6 Å². The molecule has 1 fully saturated rings. The minimum absolute atomic E-state index is 0.168. The molecule has 2 atom stereocenters. The number of hydrogen-bond donors (Lipinski definition) is 0. The van der Waals surface area contributed by atoms with Gasteiger partial charge in [0, 0.05) is 43.9 Å². The molecule has 0 amide bonds. The highest BCUT2D eigenvalue weighted by Gasteiger charge is 2.33. The molecule has 2 bridgehead atoms. The van der Waals surface area contributed by atoms with Gasteiger partial charge in [-0.05, 0) is 24.8 Å². The van der Waals surface area contributed by atoms with E-state index in [-0.39, 0.29) is 5.56 Å². The van der Waals surface area contributed by atoms with E-state index in [1.165, 1.54) is 12.1 Å². The number of pyridine rings is 1. The summed E-state index contributed by atoms with van der Waals surface area (Å²) in [5.41, 5.74) is 1.41. The Morgan fingerprint density at radius 3 is 3.06 bits per heavy atom. The van der Waals surface area contributed by atoms with Gasteiger partial charge in [0.05, 0.1) is 0 Å². The molecule has 1 saturated heterocycles. The molecule has 2 aliphatic heterocycles. The summed E-state index contributed by atoms with van der Waals surface area (Å²) in [5, 5.41) is 0. The van der Waals surface area contributed by atoms with Crippen LogP contribution in [0.25, 0.3) is 0 Å². The molecule has 0 aliphatic carbocycles. The maximum atomic E-state index is 11.9. The van der Waals surface area contributed by atoms with E-state index in [0.29, 0.717) is 11.8 Å². The first-order chi connectivity index (χ1) is 8.78. The van der Waals surface area contributed by atoms with Crippen molar-refractivity contribution in [2.75, 3.05) is 19.6 Å². The second-order valence-corrected chi connectivity index (χ2v) is 5.54. The third kappa shape index (κ3) is 2.03. The van der Waals surface area contributed by atoms with Crippen LogP contribution in [0.2, 0.25) is 0 Å². The zero-order valence-corrected chi connectivity index (χ0v) is 10.7. The van der Waals surface area contributed by atoms with Gasteiger partial charge in [0.1, 0.15) is 0 Å². The van der Waals surface area contributed by atoms with E-state index in [9.17, 15) is 4.79 Å². The van der Waals surface area contributed by atoms with Gasteiger partial charge < -0.3 is 9.47 Å². The predicted octanol–water partition coefficient (Wildman–Crippen LogP) is 1.84. The molecule has 3 nitrogen and oxygen atoms in total. The van der Waals surface area contributed by atoms with E-state index < -0.39 is 0 Å². The Kier molecular flexibility index (Phi) is 3.08. The molecular weight excluding hydrogens is 224 g/mol. The molecule has 3 heteroatoms. The van der Waals surface area contributed by atoms with Crippen LogP contribution in [0.3, 0.4) is 0 Å². The standard InChI is InChI=1S/C15H20N2O/c1-2-3-7-16-9-12-8-13(11-16)14-5-4-6-15(18)17(14)10-12/h2,4-6,12-13H,1,3,7-11H2. The molecule has 2 unspecified atom stereocenters. The topological polar surface area (TPSA) is 25.2 Å². The lowest BCUT2D eigenvalue weighted by atomic mass is 9.83. The molecular formula is C15H20N2O. The maximum Gasteiger partial charge on any atom is 0.250 e. The smallest absolute Gasteiger partial charge is 0.250 e. The Labute approximate surface area is 108 Å². The predicted molar refractivity (Wildman–Crippen MR) is 72.8 cm³/mol. The van der Waals surface area contributed by atoms with Crippen molar-refractivity contribution in [2.24, 2.45) is 5.92 Å². The first-order valence-corrected chi connectivity index (χ1v) is 6.81. The van der Waals surface area contributed by atoms with Crippen LogP contribution < -0.4 is 5.56 Å². The average molecular weight is 244 g/mol. The highest BCUT2D eigenvalue weighted by atomic mass is 16.1. The quantitative estimate of drug-likeness (QED) is 0.758. The average Bonchev–Trinajstić information content (AvgIpc) is 2.38. The van der Waals surface area contributed by atoms with Crippen molar-refractivity contribution in [1.82, 2.24) is 9.47 Å². The third-order valence-electron chi connectivity index (χ3n) is 4.20. The van der Waals surface area contributed by atoms with Crippen molar-refractivity contribution in [3.05, 3.63) is 46.9 Å². The molecule has 3 heterocycles. The Morgan fingerprint density at radius 1 is 1.33 bits per heavy atom. The van der Waals surface area contributed by atoms with Crippen molar-refractivity contribution in [3.63, 3.8) is 0 Å². The van der Waals surface area contributed by atoms with Gasteiger partial charge in [-0.2, -0.15) is 0 Å². The SMILES string of the molecule is C=CCCN1CC2CC(C1)c1cccc(=O)n1C2. The van der Waals surface area contributed by atoms with Gasteiger partial charge in [-0.25, -0.2) is 0 Å². The summed E-state index contributed by atoms with van der Waals surface area (Å²) >= 11 is 0. The van der Waals surface area contributed by atoms with Crippen LogP contribution >= 0.6 is 0 Å². The van der Waals surface area contributed by atoms with E-state index in [1.54, 1.807) is 6.07 Å². The molecule has 1 aromatic heterocycles. The number of fused-ring (bicyclic) bond motifs is 4. The van der Waals surface area contributed by atoms with E-state index in [1.807, 2.05) is 16.7 Å². The summed E-state index contributed by atoms with van der Waals surface area (Å²) in [4.78, 5) is 14.4. The van der Waals surface area contributed by atoms with Crippen molar-refractivity contribution < 1.29 is 0 Å². The number of likely N-dealkylation sites (tertiary alicyclic amines) is 1. The highest BCUT2D eigenvalue weighted by Crippen LogP contribution is 2.34. The van der Waals surface area contributed by atoms with Crippen LogP contribution in [-0.4, -0.2) is 29.1 Å². The molecule has 0 radical (unpaired) electrons. The fraction of sp³-hybridized carbons (Fsp3) is 0.533. The second-order valence-electron chi connectivity index (χ2n) is 5.54. The molecule has 0 N–H and O–H groups in total. The zero-order chi connectivity index (χ0) is 12.5. The van der Waals surface area contributed by atoms with E-state index in [2.05, 4.69) is 17.5 Å². The Morgan fingerprint density at radius 2 is 2.22 bits per heavy atom. The van der Waals surface area contributed by atoms with Crippen molar-refractivity contribution >= 4 is 0 Å². The normalized spacial score (nSPS) is 26.7. The fourth-order valence-corrected chi connectivity index (χ4v) is 3.45. The largest absolute Gasteiger partial charge is 0.312 e. The van der Waals surface area contributed by atoms with Crippen LogP contribution in [0.1, 0.15) is 24.5 Å². The molecule has 0 saturated carbocycles. The number of aromatic nitrogens is 1. The minimum Gasteiger partial charge on any atom is -0.312 e. The van der Waals surface area contributed by atoms with Gasteiger partial charge >= 0.3 is 0 Å². The van der Waals surface area contributed by atoms with Crippen LogP contribution in [0.4, 0.5) is 0 Å². The van der Waals surface area contributed by atoms with Gasteiger partial charge in [0.2, 0.25) is 0 Å². The van der Waals surface area contributed by atoms with Gasteiger partial charge in [0.15, 0.2) is 0 Å². The van der Waals surface area contributed by atoms with E-state index in [4.69, 9.17) is 0 Å². The van der Waals surface area contributed by atoms with Crippen LogP contribution in [-0.2, 0) is 6.54 Å². The lowest BCUT2D eigenvalue weighted by molar-refractivity contribution is 0.122. The molecule has 96 valence electrons. The number of nitrogens with zero attached hydrogens (tertiary/aromatic N) is 2. The lowest BCUT2D eigenvalue weighted by Crippen LogP contribution is -2.47. The molecule has 3 rings (SSSR count). The Hall–Kier alpha value is -1.35. The summed E-state index contributed by atoms with van der Waals surface area (Å²) in [6.45, 7) is 8.02. The molecule has 2 aliphatic rings. The summed E-state index contributed by atoms with van der Waals surface area (Å²) in [6.07, 6.45) is 4.29. The first kappa shape index (κ1) is 11.7. The van der Waals surface area contributed by atoms with Crippen molar-refractivity contribution in [2.45, 2.75) is 25.3 Å². The van der Waals surface area contributed by atoms with Crippen LogP contribution in [0.15, 0.2) is 35.6 Å². The fourth-order valence-electron chi connectivity index (χ4n) is 3.45. The zero-order valence-electron chi connectivity index (χ0n) is 10.7. The Balaban J connectivity index is 1.85. The summed E-state index contributed by atoms with van der Waals surface area (Å²) in [7, 11) is 0. The number of hydrogen-bond acceptors (Lipinski definition) is 2. The van der Waals surface area contributed by atoms with Gasteiger partial charge in [-0.1, -0.05) is 12.1 Å². The lowest BCUT2D eigenvalue weighted by Gasteiger charge is -2.42. The molecule has 18 heavy (non-hydrogen) atoms. The van der Waals surface area contributed by atoms with Crippen LogP contribution in [0, 0.1) is 5.92 Å². The summed E-state index contributed by atoms with van der Waals surface area (Å²) in [5.74, 6) is 1.18. The maximum absolute atomic E-state index is 11.9. The molecule has 0 spiro atoms. The molecule has 0 aromatic carbocycles. The monoisotopic (exact) mass is 244 g/mol. The number of rotatable bonds is 3. The first-order valence-electron chi connectivity index (χ1n) is 6.81. The van der Waals surface area contributed by atoms with Gasteiger partial charge in [0.25, 0.3) is 5.56 Å². The van der Waals surface area contributed by atoms with Crippen LogP contribution in [0.5, 0.6) is 0 Å². The van der Waals surface area contributed by atoms with Crippen molar-refractivity contribution in [3.8, 4) is 0 Å².